The Morgan fingerprint density at radius 2 is 1.82 bits per heavy atom. The van der Waals surface area contributed by atoms with Crippen LogP contribution in [0.5, 0.6) is 5.75 Å². The van der Waals surface area contributed by atoms with Gasteiger partial charge in [-0.1, -0.05) is 23.9 Å². The largest absolute Gasteiger partial charge is 0.497 e. The maximum Gasteiger partial charge on any atom is 0.341 e. The van der Waals surface area contributed by atoms with Crippen molar-refractivity contribution in [1.29, 1.82) is 0 Å². The average Bonchev–Trinajstić information content (AvgIpc) is 3.60. The van der Waals surface area contributed by atoms with Gasteiger partial charge in [-0.3, -0.25) is 14.2 Å². The van der Waals surface area contributed by atoms with Crippen molar-refractivity contribution in [1.82, 2.24) is 20.1 Å². The maximum absolute atomic E-state index is 13.2. The lowest BCUT2D eigenvalue weighted by Gasteiger charge is -2.14. The number of ether oxygens (including phenoxy) is 2. The normalized spacial score (nSPS) is 12.4. The molecule has 12 heteroatoms. The van der Waals surface area contributed by atoms with Gasteiger partial charge in [0.25, 0.3) is 5.91 Å². The summed E-state index contributed by atoms with van der Waals surface area (Å²) in [5.41, 5.74) is 4.88. The number of carbonyl (C=O) groups excluding carboxylic acids is 3. The van der Waals surface area contributed by atoms with Gasteiger partial charge in [0, 0.05) is 10.4 Å². The van der Waals surface area contributed by atoms with E-state index in [1.54, 1.807) is 38.3 Å². The number of aryl methyl sites for hydroxylation is 3. The van der Waals surface area contributed by atoms with Gasteiger partial charge in [-0.2, -0.15) is 0 Å². The number of fused-ring (bicyclic) bond motifs is 1. The quantitative estimate of drug-likeness (QED) is 0.160. The van der Waals surface area contributed by atoms with E-state index in [2.05, 4.69) is 20.8 Å². The number of methoxy groups -OCH3 is 1. The van der Waals surface area contributed by atoms with E-state index in [0.717, 1.165) is 52.9 Å². The first-order chi connectivity index (χ1) is 21.3. The topological polar surface area (TPSA) is 124 Å². The number of nitrogens with one attached hydrogen (secondary N) is 2. The summed E-state index contributed by atoms with van der Waals surface area (Å²) in [6.45, 7) is 6.16. The van der Waals surface area contributed by atoms with Crippen molar-refractivity contribution in [2.45, 2.75) is 58.2 Å². The van der Waals surface area contributed by atoms with E-state index in [1.807, 2.05) is 36.6 Å². The van der Waals surface area contributed by atoms with Gasteiger partial charge in [0.2, 0.25) is 5.91 Å². The van der Waals surface area contributed by atoms with Crippen LogP contribution in [-0.2, 0) is 28.9 Å². The number of thioether (sulfide) groups is 1. The first-order valence-corrected chi connectivity index (χ1v) is 16.3. The SMILES string of the molecule is CCOC(=O)c1c(NC(=O)CSc2nnc(CNC(=O)c3ccc(OC)cc3)n2-c2cc(C)ccc2C)sc2c1CCCC2. The molecule has 0 bridgehead atoms. The average molecular weight is 634 g/mol. The number of carbonyl (C=O) groups is 3. The highest BCUT2D eigenvalue weighted by Gasteiger charge is 2.27. The highest BCUT2D eigenvalue weighted by molar-refractivity contribution is 7.99. The Hall–Kier alpha value is -4.16. The molecule has 44 heavy (non-hydrogen) atoms. The third kappa shape index (κ3) is 6.97. The van der Waals surface area contributed by atoms with Crippen molar-refractivity contribution in [2.75, 3.05) is 24.8 Å². The summed E-state index contributed by atoms with van der Waals surface area (Å²) in [6.07, 6.45) is 3.78. The number of aromatic nitrogens is 3. The molecule has 2 aromatic heterocycles. The fourth-order valence-electron chi connectivity index (χ4n) is 5.08. The standard InChI is InChI=1S/C32H35N5O5S2/c1-5-42-31(40)28-23-8-6-7-9-25(23)44-30(28)34-27(38)18-43-32-36-35-26(37(32)24-16-19(2)10-11-20(24)3)17-33-29(39)21-12-14-22(41-4)15-13-21/h10-16H,5-9,17-18H2,1-4H3,(H,33,39)(H,34,38). The van der Waals surface area contributed by atoms with Gasteiger partial charge >= 0.3 is 5.97 Å². The van der Waals surface area contributed by atoms with E-state index < -0.39 is 5.97 Å². The Morgan fingerprint density at radius 1 is 1.05 bits per heavy atom. The Balaban J connectivity index is 1.35. The Bertz CT molecular complexity index is 1680. The summed E-state index contributed by atoms with van der Waals surface area (Å²) in [4.78, 5) is 40.1. The van der Waals surface area contributed by atoms with Crippen molar-refractivity contribution in [2.24, 2.45) is 0 Å². The van der Waals surface area contributed by atoms with Crippen LogP contribution in [-0.4, -0.2) is 52.0 Å². The summed E-state index contributed by atoms with van der Waals surface area (Å²) < 4.78 is 12.4. The fourth-order valence-corrected chi connectivity index (χ4v) is 7.14. The van der Waals surface area contributed by atoms with Gasteiger partial charge < -0.3 is 20.1 Å². The molecule has 230 valence electrons. The number of nitrogens with zero attached hydrogens (tertiary/aromatic N) is 3. The minimum atomic E-state index is -0.397. The number of thiophene rings is 1. The molecule has 2 N–H and O–H groups in total. The molecule has 2 aromatic carbocycles. The van der Waals surface area contributed by atoms with Gasteiger partial charge in [-0.25, -0.2) is 4.79 Å². The molecule has 0 aliphatic heterocycles. The lowest BCUT2D eigenvalue weighted by atomic mass is 9.95. The van der Waals surface area contributed by atoms with Crippen LogP contribution in [0.3, 0.4) is 0 Å². The number of hydrogen-bond acceptors (Lipinski definition) is 9. The molecule has 0 atom stereocenters. The highest BCUT2D eigenvalue weighted by atomic mass is 32.2. The Labute approximate surface area is 264 Å². The molecule has 0 fully saturated rings. The van der Waals surface area contributed by atoms with Gasteiger partial charge in [0.05, 0.1) is 37.3 Å². The van der Waals surface area contributed by atoms with Crippen molar-refractivity contribution in [3.05, 3.63) is 81.0 Å². The van der Waals surface area contributed by atoms with Crippen LogP contribution in [0.15, 0.2) is 47.6 Å². The minimum absolute atomic E-state index is 0.0477. The van der Waals surface area contributed by atoms with Crippen molar-refractivity contribution in [3.8, 4) is 11.4 Å². The zero-order chi connectivity index (χ0) is 31.2. The van der Waals surface area contributed by atoms with Crippen molar-refractivity contribution >= 4 is 45.9 Å². The van der Waals surface area contributed by atoms with Gasteiger partial charge in [-0.05, 0) is 93.5 Å². The lowest BCUT2D eigenvalue weighted by Crippen LogP contribution is -2.24. The molecule has 5 rings (SSSR count). The Morgan fingerprint density at radius 3 is 2.57 bits per heavy atom. The van der Waals surface area contributed by atoms with Crippen LogP contribution in [0.2, 0.25) is 0 Å². The third-order valence-electron chi connectivity index (χ3n) is 7.30. The molecule has 2 amide bonds. The molecular formula is C32H35N5O5S2. The zero-order valence-electron chi connectivity index (χ0n) is 25.2. The zero-order valence-corrected chi connectivity index (χ0v) is 26.8. The lowest BCUT2D eigenvalue weighted by molar-refractivity contribution is -0.113. The minimum Gasteiger partial charge on any atom is -0.497 e. The number of hydrogen-bond donors (Lipinski definition) is 2. The number of rotatable bonds is 11. The molecule has 0 spiro atoms. The van der Waals surface area contributed by atoms with Crippen LogP contribution < -0.4 is 15.4 Å². The van der Waals surface area contributed by atoms with E-state index in [-0.39, 0.29) is 30.7 Å². The van der Waals surface area contributed by atoms with E-state index in [9.17, 15) is 14.4 Å². The molecule has 2 heterocycles. The van der Waals surface area contributed by atoms with E-state index in [0.29, 0.717) is 32.9 Å². The maximum atomic E-state index is 13.2. The smallest absolute Gasteiger partial charge is 0.341 e. The van der Waals surface area contributed by atoms with Crippen LogP contribution in [0, 0.1) is 13.8 Å². The van der Waals surface area contributed by atoms with Crippen molar-refractivity contribution in [3.63, 3.8) is 0 Å². The van der Waals surface area contributed by atoms with Crippen molar-refractivity contribution < 1.29 is 23.9 Å². The molecule has 0 saturated carbocycles. The second-order valence-corrected chi connectivity index (χ2v) is 12.5. The molecule has 0 radical (unpaired) electrons. The monoisotopic (exact) mass is 633 g/mol. The number of esters is 1. The van der Waals surface area contributed by atoms with E-state index in [1.165, 1.54) is 23.1 Å². The fraction of sp³-hybridized carbons (Fsp3) is 0.344. The molecular weight excluding hydrogens is 599 g/mol. The molecule has 1 aliphatic rings. The highest BCUT2D eigenvalue weighted by Crippen LogP contribution is 2.39. The van der Waals surface area contributed by atoms with E-state index >= 15 is 0 Å². The third-order valence-corrected chi connectivity index (χ3v) is 9.44. The molecule has 0 saturated heterocycles. The first kappa shape index (κ1) is 31.3. The summed E-state index contributed by atoms with van der Waals surface area (Å²) in [6, 6.07) is 12.9. The number of benzene rings is 2. The molecule has 4 aromatic rings. The summed E-state index contributed by atoms with van der Waals surface area (Å²) >= 11 is 2.70. The second kappa shape index (κ2) is 14.1. The van der Waals surface area contributed by atoms with Crippen LogP contribution in [0.1, 0.15) is 67.9 Å². The molecule has 0 unspecified atom stereocenters. The number of amides is 2. The Kier molecular flexibility index (Phi) is 10.0. The molecule has 1 aliphatic carbocycles. The predicted molar refractivity (Wildman–Crippen MR) is 171 cm³/mol. The second-order valence-electron chi connectivity index (χ2n) is 10.4. The van der Waals surface area contributed by atoms with Gasteiger partial charge in [0.15, 0.2) is 11.0 Å². The van der Waals surface area contributed by atoms with Gasteiger partial charge in [-0.15, -0.1) is 21.5 Å². The summed E-state index contributed by atoms with van der Waals surface area (Å²) in [5.74, 6) is 0.325. The summed E-state index contributed by atoms with van der Waals surface area (Å²) in [7, 11) is 1.57. The predicted octanol–water partition coefficient (Wildman–Crippen LogP) is 5.67. The molecule has 10 nitrogen and oxygen atoms in total. The van der Waals surface area contributed by atoms with Crippen LogP contribution in [0.4, 0.5) is 5.00 Å². The van der Waals surface area contributed by atoms with E-state index in [4.69, 9.17) is 9.47 Å². The van der Waals surface area contributed by atoms with Gasteiger partial charge in [0.1, 0.15) is 10.8 Å². The summed E-state index contributed by atoms with van der Waals surface area (Å²) in [5, 5.41) is 15.7. The first-order valence-electron chi connectivity index (χ1n) is 14.5. The van der Waals surface area contributed by atoms with Crippen LogP contribution in [0.25, 0.3) is 5.69 Å². The number of anilines is 1. The van der Waals surface area contributed by atoms with Crippen LogP contribution >= 0.6 is 23.1 Å².